The third-order valence-electron chi connectivity index (χ3n) is 4.02. The summed E-state index contributed by atoms with van der Waals surface area (Å²) in [6.07, 6.45) is 1.53. The molecule has 0 bridgehead atoms. The van der Waals surface area contributed by atoms with Crippen molar-refractivity contribution in [2.75, 3.05) is 120 Å². The smallest absolute Gasteiger partial charge is 0.219 e. The SMILES string of the molecule is CC.CC.CCC(=O)NCCOCCOCCOCCOCCOCCOCCOCCCN(C)C. The van der Waals surface area contributed by atoms with Gasteiger partial charge in [-0.15, -0.1) is 0 Å². The molecule has 36 heavy (non-hydrogen) atoms. The molecule has 1 N–H and O–H groups in total. The number of carbonyl (C=O) groups excluding carboxylic acids is 1. The first-order chi connectivity index (χ1) is 17.7. The van der Waals surface area contributed by atoms with Crippen molar-refractivity contribution in [1.29, 1.82) is 0 Å². The van der Waals surface area contributed by atoms with Crippen LogP contribution < -0.4 is 5.32 Å². The predicted octanol–water partition coefficient (Wildman–Crippen LogP) is 2.63. The van der Waals surface area contributed by atoms with E-state index in [0.717, 1.165) is 19.6 Å². The zero-order valence-corrected chi connectivity index (χ0v) is 24.4. The van der Waals surface area contributed by atoms with Gasteiger partial charge in [0.05, 0.1) is 85.9 Å². The molecule has 0 spiro atoms. The molecule has 0 heterocycles. The predicted molar refractivity (Wildman–Crippen MR) is 145 cm³/mol. The number of rotatable bonds is 26. The molecule has 0 radical (unpaired) electrons. The van der Waals surface area contributed by atoms with E-state index in [1.165, 1.54) is 0 Å². The molecule has 0 aliphatic carbocycles. The zero-order chi connectivity index (χ0) is 27.5. The molecule has 0 aromatic heterocycles. The molecular weight excluding hydrogens is 468 g/mol. The third-order valence-corrected chi connectivity index (χ3v) is 4.02. The Morgan fingerprint density at radius 3 is 1.17 bits per heavy atom. The first-order valence-corrected chi connectivity index (χ1v) is 13.6. The first kappa shape index (κ1) is 39.7. The number of hydrogen-bond donors (Lipinski definition) is 1. The molecule has 0 aliphatic rings. The minimum absolute atomic E-state index is 0.0342. The molecule has 0 rings (SSSR count). The van der Waals surface area contributed by atoms with Crippen LogP contribution >= 0.6 is 0 Å². The van der Waals surface area contributed by atoms with E-state index in [4.69, 9.17) is 33.2 Å². The Kier molecular flexibility index (Phi) is 42.6. The maximum Gasteiger partial charge on any atom is 0.219 e. The summed E-state index contributed by atoms with van der Waals surface area (Å²) in [7, 11) is 4.11. The average Bonchev–Trinajstić information content (AvgIpc) is 2.90. The third kappa shape index (κ3) is 40.3. The highest BCUT2D eigenvalue weighted by atomic mass is 16.6. The van der Waals surface area contributed by atoms with Gasteiger partial charge in [0, 0.05) is 19.6 Å². The lowest BCUT2D eigenvalue weighted by molar-refractivity contribution is -0.121. The van der Waals surface area contributed by atoms with Crippen LogP contribution in [0.3, 0.4) is 0 Å². The highest BCUT2D eigenvalue weighted by molar-refractivity contribution is 5.75. The number of ether oxygens (including phenoxy) is 7. The van der Waals surface area contributed by atoms with Crippen molar-refractivity contribution >= 4 is 5.91 Å². The van der Waals surface area contributed by atoms with Gasteiger partial charge in [-0.1, -0.05) is 34.6 Å². The van der Waals surface area contributed by atoms with Crippen molar-refractivity contribution in [3.8, 4) is 0 Å². The average molecular weight is 527 g/mol. The first-order valence-electron chi connectivity index (χ1n) is 13.6. The topological polar surface area (TPSA) is 97.0 Å². The van der Waals surface area contributed by atoms with Gasteiger partial charge in [-0.2, -0.15) is 0 Å². The fraction of sp³-hybridized carbons (Fsp3) is 0.962. The van der Waals surface area contributed by atoms with Crippen molar-refractivity contribution in [1.82, 2.24) is 10.2 Å². The second-order valence-corrected chi connectivity index (χ2v) is 7.15. The lowest BCUT2D eigenvalue weighted by atomic mass is 10.4. The normalized spacial score (nSPS) is 10.4. The van der Waals surface area contributed by atoms with Crippen molar-refractivity contribution in [3.05, 3.63) is 0 Å². The second kappa shape index (κ2) is 38.7. The van der Waals surface area contributed by atoms with Crippen LogP contribution in [0.5, 0.6) is 0 Å². The van der Waals surface area contributed by atoms with E-state index in [9.17, 15) is 4.79 Å². The summed E-state index contributed by atoms with van der Waals surface area (Å²) in [4.78, 5) is 13.2. The maximum absolute atomic E-state index is 11.0. The lowest BCUT2D eigenvalue weighted by Crippen LogP contribution is -2.26. The van der Waals surface area contributed by atoms with Crippen LogP contribution in [0.1, 0.15) is 47.5 Å². The van der Waals surface area contributed by atoms with E-state index in [0.29, 0.717) is 98.9 Å². The Bertz CT molecular complexity index is 391. The molecule has 0 aromatic rings. The molecule has 0 fully saturated rings. The summed E-state index contributed by atoms with van der Waals surface area (Å²) in [5.41, 5.74) is 0. The Morgan fingerprint density at radius 1 is 0.556 bits per heavy atom. The number of nitrogens with zero attached hydrogens (tertiary/aromatic N) is 1. The molecule has 10 nitrogen and oxygen atoms in total. The lowest BCUT2D eigenvalue weighted by Gasteiger charge is -2.10. The summed E-state index contributed by atoms with van der Waals surface area (Å²) in [6.45, 7) is 19.1. The summed E-state index contributed by atoms with van der Waals surface area (Å²) in [5.74, 6) is 0.0342. The highest BCUT2D eigenvalue weighted by Gasteiger charge is 1.97. The van der Waals surface area contributed by atoms with E-state index in [-0.39, 0.29) is 5.91 Å². The summed E-state index contributed by atoms with van der Waals surface area (Å²) in [5, 5.41) is 2.74. The monoisotopic (exact) mass is 526 g/mol. The van der Waals surface area contributed by atoms with Crippen LogP contribution in [-0.2, 0) is 38.0 Å². The molecule has 0 saturated carbocycles. The highest BCUT2D eigenvalue weighted by Crippen LogP contribution is 1.87. The second-order valence-electron chi connectivity index (χ2n) is 7.15. The maximum atomic E-state index is 11.0. The molecule has 220 valence electrons. The number of nitrogens with one attached hydrogen (secondary N) is 1. The Labute approximate surface area is 221 Å². The molecule has 0 unspecified atom stereocenters. The number of carbonyl (C=O) groups is 1. The Balaban J connectivity index is -0.00000258. The Hall–Kier alpha value is -0.850. The summed E-state index contributed by atoms with van der Waals surface area (Å²) >= 11 is 0. The molecule has 0 saturated heterocycles. The Morgan fingerprint density at radius 2 is 0.861 bits per heavy atom. The van der Waals surface area contributed by atoms with Gasteiger partial charge in [0.25, 0.3) is 0 Å². The molecule has 0 aromatic carbocycles. The van der Waals surface area contributed by atoms with Gasteiger partial charge in [-0.25, -0.2) is 0 Å². The fourth-order valence-corrected chi connectivity index (χ4v) is 2.29. The van der Waals surface area contributed by atoms with Crippen LogP contribution in [0.15, 0.2) is 0 Å². The fourth-order valence-electron chi connectivity index (χ4n) is 2.29. The minimum Gasteiger partial charge on any atom is -0.379 e. The van der Waals surface area contributed by atoms with E-state index < -0.39 is 0 Å². The van der Waals surface area contributed by atoms with E-state index in [1.807, 2.05) is 34.6 Å². The summed E-state index contributed by atoms with van der Waals surface area (Å²) < 4.78 is 38.0. The van der Waals surface area contributed by atoms with Gasteiger partial charge in [0.15, 0.2) is 0 Å². The van der Waals surface area contributed by atoms with E-state index in [2.05, 4.69) is 24.3 Å². The van der Waals surface area contributed by atoms with Crippen LogP contribution in [0.2, 0.25) is 0 Å². The molecule has 10 heteroatoms. The summed E-state index contributed by atoms with van der Waals surface area (Å²) in [6, 6.07) is 0. The van der Waals surface area contributed by atoms with Crippen molar-refractivity contribution < 1.29 is 38.0 Å². The van der Waals surface area contributed by atoms with Gasteiger partial charge in [-0.05, 0) is 27.1 Å². The van der Waals surface area contributed by atoms with Crippen molar-refractivity contribution in [3.63, 3.8) is 0 Å². The van der Waals surface area contributed by atoms with E-state index in [1.54, 1.807) is 0 Å². The van der Waals surface area contributed by atoms with Crippen LogP contribution in [0.25, 0.3) is 0 Å². The van der Waals surface area contributed by atoms with Crippen LogP contribution in [0.4, 0.5) is 0 Å². The molecular formula is C26H58N2O8. The zero-order valence-electron chi connectivity index (χ0n) is 24.4. The quantitative estimate of drug-likeness (QED) is 0.171. The van der Waals surface area contributed by atoms with Gasteiger partial charge in [-0.3, -0.25) is 4.79 Å². The minimum atomic E-state index is 0.0342. The number of amides is 1. The van der Waals surface area contributed by atoms with Gasteiger partial charge in [0.2, 0.25) is 5.91 Å². The van der Waals surface area contributed by atoms with Gasteiger partial charge < -0.3 is 43.4 Å². The largest absolute Gasteiger partial charge is 0.379 e. The number of hydrogen-bond acceptors (Lipinski definition) is 9. The van der Waals surface area contributed by atoms with E-state index >= 15 is 0 Å². The molecule has 0 aliphatic heterocycles. The van der Waals surface area contributed by atoms with Gasteiger partial charge >= 0.3 is 0 Å². The van der Waals surface area contributed by atoms with Crippen molar-refractivity contribution in [2.45, 2.75) is 47.5 Å². The standard InChI is InChI=1S/C22H46N2O8.2C2H6/c1-4-22(25)23-6-9-27-11-13-29-15-17-31-19-21-32-20-18-30-16-14-28-12-10-26-8-5-7-24(2)3;2*1-2/h4-21H2,1-3H3,(H,23,25);2*1-2H3. The molecule has 1 amide bonds. The van der Waals surface area contributed by atoms with Gasteiger partial charge in [0.1, 0.15) is 0 Å². The van der Waals surface area contributed by atoms with Crippen molar-refractivity contribution in [2.24, 2.45) is 0 Å². The van der Waals surface area contributed by atoms with Crippen LogP contribution in [-0.4, -0.2) is 130 Å². The molecule has 0 atom stereocenters. The van der Waals surface area contributed by atoms with Crippen LogP contribution in [0, 0.1) is 0 Å².